The summed E-state index contributed by atoms with van der Waals surface area (Å²) in [4.78, 5) is 22.7. The third-order valence-electron chi connectivity index (χ3n) is 2.68. The molecule has 11 heteroatoms. The summed E-state index contributed by atoms with van der Waals surface area (Å²) >= 11 is 0. The first-order chi connectivity index (χ1) is 11.0. The second kappa shape index (κ2) is 7.79. The van der Waals surface area contributed by atoms with Gasteiger partial charge >= 0.3 is 18.8 Å². The van der Waals surface area contributed by atoms with Crippen LogP contribution in [-0.4, -0.2) is 42.9 Å². The van der Waals surface area contributed by atoms with Crippen LogP contribution in [0.1, 0.15) is 16.8 Å². The zero-order valence-corrected chi connectivity index (χ0v) is 12.1. The minimum absolute atomic E-state index is 0.142. The summed E-state index contributed by atoms with van der Waals surface area (Å²) in [6.07, 6.45) is -6.61. The molecule has 0 radical (unpaired) electrons. The number of benzene rings is 1. The monoisotopic (exact) mass is 357 g/mol. The molecule has 24 heavy (non-hydrogen) atoms. The predicted octanol–water partition coefficient (Wildman–Crippen LogP) is 2.43. The van der Waals surface area contributed by atoms with E-state index in [-0.39, 0.29) is 11.3 Å². The summed E-state index contributed by atoms with van der Waals surface area (Å²) in [5, 5.41) is 10.4. The van der Waals surface area contributed by atoms with Gasteiger partial charge in [0.2, 0.25) is 0 Å². The maximum absolute atomic E-state index is 12.3. The van der Waals surface area contributed by atoms with Crippen molar-refractivity contribution >= 4 is 11.9 Å². The maximum Gasteiger partial charge on any atom is 0.391 e. The number of ether oxygens (including phenoxy) is 2. The first-order valence-electron chi connectivity index (χ1n) is 6.26. The Morgan fingerprint density at radius 1 is 1.25 bits per heavy atom. The molecule has 1 amide bonds. The molecular formula is C13H12F5NO5. The summed E-state index contributed by atoms with van der Waals surface area (Å²) in [5.41, 5.74) is -0.375. The smallest absolute Gasteiger partial charge is 0.391 e. The van der Waals surface area contributed by atoms with E-state index in [0.717, 1.165) is 25.3 Å². The molecule has 0 saturated heterocycles. The number of alkyl halides is 5. The Bertz CT molecular complexity index is 605. The maximum atomic E-state index is 12.3. The number of nitrogens with one attached hydrogen (secondary N) is 1. The Labute approximate surface area is 132 Å². The van der Waals surface area contributed by atoms with Crippen molar-refractivity contribution in [3.63, 3.8) is 0 Å². The number of carboxylic acids is 1. The van der Waals surface area contributed by atoms with Gasteiger partial charge in [0.25, 0.3) is 5.91 Å². The van der Waals surface area contributed by atoms with Gasteiger partial charge in [-0.25, -0.2) is 4.79 Å². The minimum Gasteiger partial charge on any atom is -0.493 e. The van der Waals surface area contributed by atoms with E-state index in [1.54, 1.807) is 5.32 Å². The Kier molecular flexibility index (Phi) is 6.32. The third-order valence-corrected chi connectivity index (χ3v) is 2.68. The summed E-state index contributed by atoms with van der Waals surface area (Å²) in [6.45, 7) is -3.23. The molecule has 0 spiro atoms. The standard InChI is InChI=1S/C13H12F5NO5/c1-23-8-3-2-6(4-9(8)24-12(14)15)10(20)19-7(11(21)22)5-13(16,17)18/h2-4,7,12H,5H2,1H3,(H,19,20)(H,21,22). The lowest BCUT2D eigenvalue weighted by atomic mass is 10.1. The predicted molar refractivity (Wildman–Crippen MR) is 69.2 cm³/mol. The number of carbonyl (C=O) groups is 2. The largest absolute Gasteiger partial charge is 0.493 e. The van der Waals surface area contributed by atoms with Crippen LogP contribution in [0.25, 0.3) is 0 Å². The molecule has 134 valence electrons. The quantitative estimate of drug-likeness (QED) is 0.732. The lowest BCUT2D eigenvalue weighted by Gasteiger charge is -2.17. The average molecular weight is 357 g/mol. The lowest BCUT2D eigenvalue weighted by molar-refractivity contribution is -0.157. The normalized spacial score (nSPS) is 12.6. The van der Waals surface area contributed by atoms with E-state index in [2.05, 4.69) is 4.74 Å². The van der Waals surface area contributed by atoms with Crippen LogP contribution in [0, 0.1) is 0 Å². The number of hydrogen-bond acceptors (Lipinski definition) is 4. The van der Waals surface area contributed by atoms with Crippen LogP contribution in [-0.2, 0) is 4.79 Å². The molecule has 1 atom stereocenters. The first kappa shape index (κ1) is 19.5. The van der Waals surface area contributed by atoms with Crippen molar-refractivity contribution in [2.45, 2.75) is 25.3 Å². The molecule has 1 aromatic rings. The van der Waals surface area contributed by atoms with E-state index in [1.165, 1.54) is 0 Å². The van der Waals surface area contributed by atoms with Crippen LogP contribution in [0.2, 0.25) is 0 Å². The zero-order chi connectivity index (χ0) is 18.5. The molecule has 1 unspecified atom stereocenters. The van der Waals surface area contributed by atoms with Crippen LogP contribution in [0.4, 0.5) is 22.0 Å². The number of hydrogen-bond donors (Lipinski definition) is 2. The topological polar surface area (TPSA) is 84.9 Å². The molecule has 2 N–H and O–H groups in total. The van der Waals surface area contributed by atoms with Crippen molar-refractivity contribution in [3.8, 4) is 11.5 Å². The van der Waals surface area contributed by atoms with Crippen LogP contribution < -0.4 is 14.8 Å². The molecule has 0 aliphatic heterocycles. The van der Waals surface area contributed by atoms with Crippen molar-refractivity contribution in [1.29, 1.82) is 0 Å². The van der Waals surface area contributed by atoms with Gasteiger partial charge in [0, 0.05) is 5.56 Å². The highest BCUT2D eigenvalue weighted by molar-refractivity contribution is 5.97. The molecular weight excluding hydrogens is 345 g/mol. The summed E-state index contributed by atoms with van der Waals surface area (Å²) in [5.74, 6) is -3.76. The number of aliphatic carboxylic acids is 1. The van der Waals surface area contributed by atoms with Gasteiger partial charge in [0.1, 0.15) is 6.04 Å². The third kappa shape index (κ3) is 5.89. The van der Waals surface area contributed by atoms with Crippen LogP contribution >= 0.6 is 0 Å². The molecule has 0 bridgehead atoms. The van der Waals surface area contributed by atoms with Crippen LogP contribution in [0.3, 0.4) is 0 Å². The van der Waals surface area contributed by atoms with Gasteiger partial charge in [-0.15, -0.1) is 0 Å². The summed E-state index contributed by atoms with van der Waals surface area (Å²) in [6, 6.07) is 0.705. The van der Waals surface area contributed by atoms with Crippen molar-refractivity contribution in [1.82, 2.24) is 5.32 Å². The number of methoxy groups -OCH3 is 1. The van der Waals surface area contributed by atoms with Gasteiger partial charge in [-0.2, -0.15) is 22.0 Å². The Morgan fingerprint density at radius 3 is 2.33 bits per heavy atom. The van der Waals surface area contributed by atoms with E-state index in [1.807, 2.05) is 0 Å². The van der Waals surface area contributed by atoms with Gasteiger partial charge in [-0.3, -0.25) is 4.79 Å². The molecule has 0 saturated carbocycles. The molecule has 0 aromatic heterocycles. The van der Waals surface area contributed by atoms with Crippen LogP contribution in [0.15, 0.2) is 18.2 Å². The zero-order valence-electron chi connectivity index (χ0n) is 12.1. The molecule has 1 rings (SSSR count). The van der Waals surface area contributed by atoms with Gasteiger partial charge < -0.3 is 19.9 Å². The van der Waals surface area contributed by atoms with Crippen molar-refractivity contribution in [2.24, 2.45) is 0 Å². The van der Waals surface area contributed by atoms with Crippen molar-refractivity contribution in [3.05, 3.63) is 23.8 Å². The minimum atomic E-state index is -4.82. The molecule has 1 aromatic carbocycles. The number of halogens is 5. The number of amides is 1. The van der Waals surface area contributed by atoms with Crippen molar-refractivity contribution < 1.29 is 46.1 Å². The summed E-state index contributed by atoms with van der Waals surface area (Å²) in [7, 11) is 1.15. The molecule has 0 aliphatic rings. The van der Waals surface area contributed by atoms with Crippen LogP contribution in [0.5, 0.6) is 11.5 Å². The van der Waals surface area contributed by atoms with Gasteiger partial charge in [0.05, 0.1) is 13.5 Å². The van der Waals surface area contributed by atoms with E-state index in [0.29, 0.717) is 0 Å². The Balaban J connectivity index is 2.99. The Morgan fingerprint density at radius 2 is 1.88 bits per heavy atom. The van der Waals surface area contributed by atoms with Gasteiger partial charge in [-0.1, -0.05) is 0 Å². The Hall–Kier alpha value is -2.59. The highest BCUT2D eigenvalue weighted by Gasteiger charge is 2.36. The second-order valence-corrected chi connectivity index (χ2v) is 4.43. The van der Waals surface area contributed by atoms with E-state index in [4.69, 9.17) is 9.84 Å². The number of carbonyl (C=O) groups excluding carboxylic acids is 1. The average Bonchev–Trinajstić information content (AvgIpc) is 2.44. The first-order valence-corrected chi connectivity index (χ1v) is 6.26. The highest BCUT2D eigenvalue weighted by Crippen LogP contribution is 2.29. The second-order valence-electron chi connectivity index (χ2n) is 4.43. The SMILES string of the molecule is COc1ccc(C(=O)NC(CC(F)(F)F)C(=O)O)cc1OC(F)F. The van der Waals surface area contributed by atoms with Crippen molar-refractivity contribution in [2.75, 3.05) is 7.11 Å². The lowest BCUT2D eigenvalue weighted by Crippen LogP contribution is -2.43. The summed E-state index contributed by atoms with van der Waals surface area (Å²) < 4.78 is 70.3. The fourth-order valence-corrected chi connectivity index (χ4v) is 1.68. The van der Waals surface area contributed by atoms with Gasteiger partial charge in [-0.05, 0) is 18.2 Å². The molecule has 0 fully saturated rings. The van der Waals surface area contributed by atoms with Gasteiger partial charge in [0.15, 0.2) is 11.5 Å². The number of rotatable bonds is 7. The fraction of sp³-hybridized carbons (Fsp3) is 0.385. The molecule has 6 nitrogen and oxygen atoms in total. The van der Waals surface area contributed by atoms with E-state index >= 15 is 0 Å². The van der Waals surface area contributed by atoms with E-state index in [9.17, 15) is 31.5 Å². The highest BCUT2D eigenvalue weighted by atomic mass is 19.4. The number of carboxylic acid groups (broad SMARTS) is 1. The molecule has 0 heterocycles. The fourth-order valence-electron chi connectivity index (χ4n) is 1.68. The van der Waals surface area contributed by atoms with E-state index < -0.39 is 42.9 Å². The molecule has 0 aliphatic carbocycles.